The van der Waals surface area contributed by atoms with Crippen LogP contribution in [0.5, 0.6) is 0 Å². The number of fused-ring (bicyclic) bond motifs is 42. The van der Waals surface area contributed by atoms with Crippen LogP contribution in [0.15, 0.2) is 0 Å². The first-order chi connectivity index (χ1) is 61.3. The molecule has 22 rings (SSSR count). The van der Waals surface area contributed by atoms with Crippen LogP contribution in [0, 0.1) is 0 Å². The van der Waals surface area contributed by atoms with Crippen LogP contribution in [0.4, 0.5) is 0 Å². The molecule has 0 aromatic heterocycles. The summed E-state index contributed by atoms with van der Waals surface area (Å²) in [6.45, 7) is 50.5. The van der Waals surface area contributed by atoms with Crippen molar-refractivity contribution in [3.63, 3.8) is 0 Å². The SMILES string of the molecule is CC1CN2CC(C)O[Si](CCCOCC3CN4CCO[Si](CCCOCC5CN6CCO[Si](CCCOCC7CO7)(O5)OC(COCCC[Si]57OCCN(CC(COCCC[Si]89OC(C)CN(CC(C)O8)CC(C)O9)O5)CC(COCCC[Si]58OC(C)CN(CC(C)O5)CC(C)O8)O7)C6)(O3)OC(COCCC[Si]35OC(C)CN(CC(C)O3)CC(C)O5)C4)(O1)OC(C)C2. The molecule has 0 amide bonds. The van der Waals surface area contributed by atoms with E-state index in [0.29, 0.717) is 220 Å². The van der Waals surface area contributed by atoms with E-state index in [9.17, 15) is 0 Å². The summed E-state index contributed by atoms with van der Waals surface area (Å²) in [5.74, 6) is 0. The third-order valence-corrected chi connectivity index (χ3v) is 47.7. The van der Waals surface area contributed by atoms with Gasteiger partial charge in [-0.05, 0) is 128 Å². The molecule has 0 radical (unpaired) electrons. The Morgan fingerprint density at radius 3 is 0.520 bits per heavy atom. The molecule has 22 heterocycles. The van der Waals surface area contributed by atoms with Crippen LogP contribution in [0.1, 0.15) is 128 Å². The fourth-order valence-electron chi connectivity index (χ4n) is 21.4. The van der Waals surface area contributed by atoms with Gasteiger partial charge in [0.25, 0.3) is 0 Å². The van der Waals surface area contributed by atoms with E-state index in [1.54, 1.807) is 0 Å². The Hall–Kier alpha value is 0.0782. The summed E-state index contributed by atoms with van der Waals surface area (Å²) in [7, 11) is -22.2. The Kier molecular flexibility index (Phi) is 38.6. The van der Waals surface area contributed by atoms with Gasteiger partial charge < -0.3 is 131 Å². The normalized spacial score (nSPS) is 45.2. The molecule has 734 valence electrons. The first-order valence-corrected chi connectivity index (χ1v) is 62.6. The lowest BCUT2D eigenvalue weighted by Gasteiger charge is -2.45. The third kappa shape index (κ3) is 31.3. The van der Waals surface area contributed by atoms with Gasteiger partial charge in [0.1, 0.15) is 6.10 Å². The zero-order valence-corrected chi connectivity index (χ0v) is 85.9. The van der Waals surface area contributed by atoms with Gasteiger partial charge in [-0.3, -0.25) is 34.3 Å². The summed E-state index contributed by atoms with van der Waals surface area (Å²) in [5.41, 5.74) is 0. The van der Waals surface area contributed by atoms with E-state index >= 15 is 0 Å². The van der Waals surface area contributed by atoms with Crippen LogP contribution in [0.3, 0.4) is 0 Å². The van der Waals surface area contributed by atoms with Crippen molar-refractivity contribution in [1.82, 2.24) is 34.3 Å². The fraction of sp³-hybridized carbons (Fsp3) is 1.00. The third-order valence-electron chi connectivity index (χ3n) is 25.7. The highest BCUT2D eigenvalue weighted by Gasteiger charge is 2.57. The molecule has 22 aliphatic rings. The zero-order chi connectivity index (χ0) is 88.5. The van der Waals surface area contributed by atoms with Crippen molar-refractivity contribution in [2.24, 2.45) is 0 Å². The van der Waals surface area contributed by atoms with E-state index in [4.69, 9.17) is 131 Å². The van der Waals surface area contributed by atoms with Crippen molar-refractivity contribution < 1.29 is 131 Å². The Labute approximate surface area is 765 Å². The number of epoxide rings is 1. The Balaban J connectivity index is 0.564. The molecular formula is C84H161N7O29Si7. The quantitative estimate of drug-likeness (QED) is 0.0424. The van der Waals surface area contributed by atoms with Gasteiger partial charge in [0.05, 0.1) is 183 Å². The van der Waals surface area contributed by atoms with Gasteiger partial charge in [0.15, 0.2) is 0 Å². The Bertz CT molecular complexity index is 2770. The van der Waals surface area contributed by atoms with E-state index in [-0.39, 0.29) is 116 Å². The van der Waals surface area contributed by atoms with E-state index < -0.39 is 61.6 Å². The number of hydrogen-bond donors (Lipinski definition) is 0. The molecule has 22 fully saturated rings. The predicted octanol–water partition coefficient (Wildman–Crippen LogP) is 5.33. The molecule has 0 saturated carbocycles. The molecule has 0 aliphatic carbocycles. The van der Waals surface area contributed by atoms with Crippen molar-refractivity contribution >= 4 is 61.6 Å². The molecule has 19 unspecified atom stereocenters. The standard InChI is InChI=1S/C84H161N7O29Si7/c1-66-40-88-41-67(2)104-124(103-66,105-68(3)42-88)36-16-26-94-60-80-54-86-20-30-100-121(117-80,118-81(55-86)61-95-27-17-37-125-106-69(4)43-89(44-70(5)107-125)45-71(6)108-125)33-13-23-92-58-78-52-85-22-32-102-123(115-78,35-15-25-98-64-84-65-99-84)116-79(53-85)59-93-24-14-34-122-101-31-21-87(56-82(119-122)62-96-28-18-38-126-109-72(7)46-90(47-73(8)110-126)48-74(9)111-126)57-83(120-122)63-97-29-19-39-127-112-75(10)49-91(50-76(11)113-127)51-77(12)114-127/h66-84H,13-65H2,1-12H3. The minimum absolute atomic E-state index is 0.0181. The monoisotopic (exact) mass is 1930 g/mol. The lowest BCUT2D eigenvalue weighted by Crippen LogP contribution is -2.62. The van der Waals surface area contributed by atoms with Gasteiger partial charge in [-0.1, -0.05) is 0 Å². The molecule has 36 nitrogen and oxygen atoms in total. The molecule has 43 heteroatoms. The number of rotatable bonds is 42. The average molecular weight is 1930 g/mol. The van der Waals surface area contributed by atoms with Crippen LogP contribution in [0.25, 0.3) is 0 Å². The van der Waals surface area contributed by atoms with Crippen molar-refractivity contribution in [3.05, 3.63) is 0 Å². The van der Waals surface area contributed by atoms with Crippen molar-refractivity contribution in [3.8, 4) is 0 Å². The highest BCUT2D eigenvalue weighted by molar-refractivity contribution is 6.63. The van der Waals surface area contributed by atoms with E-state index in [1.807, 2.05) is 0 Å². The summed E-state index contributed by atoms with van der Waals surface area (Å²) >= 11 is 0. The van der Waals surface area contributed by atoms with Gasteiger partial charge in [-0.2, -0.15) is 0 Å². The second-order valence-electron chi connectivity index (χ2n) is 39.3. The molecule has 19 atom stereocenters. The second-order valence-corrected chi connectivity index (χ2v) is 57.4. The second kappa shape index (κ2) is 48.3. The Morgan fingerprint density at radius 2 is 0.354 bits per heavy atom. The number of ether oxygens (including phenoxy) is 8. The van der Waals surface area contributed by atoms with Crippen LogP contribution in [-0.4, -0.2) is 468 Å². The molecule has 22 aliphatic heterocycles. The topological polar surface area (TPSA) is 294 Å². The molecule has 0 N–H and O–H groups in total. The average Bonchev–Trinajstić information content (AvgIpc) is 0.992. The van der Waals surface area contributed by atoms with Crippen molar-refractivity contribution in [2.75, 3.05) is 256 Å². The highest BCUT2D eigenvalue weighted by atomic mass is 28.4. The molecule has 22 saturated heterocycles. The maximum absolute atomic E-state index is 7.26. The van der Waals surface area contributed by atoms with Gasteiger partial charge >= 0.3 is 61.6 Å². The zero-order valence-electron chi connectivity index (χ0n) is 78.9. The molecule has 127 heavy (non-hydrogen) atoms. The molecule has 14 bridgehead atoms. The molecule has 0 aromatic rings. The van der Waals surface area contributed by atoms with Gasteiger partial charge in [0, 0.05) is 226 Å². The minimum Gasteiger partial charge on any atom is -0.379 e. The van der Waals surface area contributed by atoms with Gasteiger partial charge in [-0.25, -0.2) is 0 Å². The number of hydrogen-bond acceptors (Lipinski definition) is 36. The molecule has 0 aromatic carbocycles. The van der Waals surface area contributed by atoms with Crippen LogP contribution < -0.4 is 0 Å². The van der Waals surface area contributed by atoms with E-state index in [1.165, 1.54) is 0 Å². The largest absolute Gasteiger partial charge is 0.501 e. The van der Waals surface area contributed by atoms with E-state index in [0.717, 1.165) is 124 Å². The smallest absolute Gasteiger partial charge is 0.379 e. The van der Waals surface area contributed by atoms with Gasteiger partial charge in [-0.15, -0.1) is 0 Å². The molecule has 0 spiro atoms. The van der Waals surface area contributed by atoms with E-state index in [2.05, 4.69) is 117 Å². The summed E-state index contributed by atoms with van der Waals surface area (Å²) in [4.78, 5) is 16.7. The van der Waals surface area contributed by atoms with Crippen molar-refractivity contribution in [1.29, 1.82) is 0 Å². The van der Waals surface area contributed by atoms with Crippen LogP contribution >= 0.6 is 0 Å². The first kappa shape index (κ1) is 101. The lowest BCUT2D eigenvalue weighted by molar-refractivity contribution is -0.104. The Morgan fingerprint density at radius 1 is 0.197 bits per heavy atom. The lowest BCUT2D eigenvalue weighted by atomic mass is 10.2. The summed E-state index contributed by atoms with van der Waals surface area (Å²) in [5, 5.41) is 0. The minimum atomic E-state index is -3.43. The summed E-state index contributed by atoms with van der Waals surface area (Å²) in [6.07, 6.45) is 3.45. The predicted molar refractivity (Wildman–Crippen MR) is 480 cm³/mol. The van der Waals surface area contributed by atoms with Crippen LogP contribution in [0.2, 0.25) is 42.3 Å². The first-order valence-electron chi connectivity index (χ1n) is 49.1. The molecular weight excluding hydrogens is 1770 g/mol. The van der Waals surface area contributed by atoms with Crippen molar-refractivity contribution in [2.45, 2.75) is 286 Å². The van der Waals surface area contributed by atoms with Gasteiger partial charge in [0.2, 0.25) is 0 Å². The summed E-state index contributed by atoms with van der Waals surface area (Å²) in [6, 6.07) is 4.38. The summed E-state index contributed by atoms with van der Waals surface area (Å²) < 4.78 is 196. The maximum atomic E-state index is 7.26. The fourth-order valence-corrected chi connectivity index (χ4v) is 42.6. The van der Waals surface area contributed by atoms with Crippen LogP contribution in [-0.2, 0) is 131 Å². The number of nitrogens with zero attached hydrogens (tertiary/aromatic N) is 7. The highest BCUT2D eigenvalue weighted by Crippen LogP contribution is 2.38. The maximum Gasteiger partial charge on any atom is 0.501 e.